The van der Waals surface area contributed by atoms with E-state index in [0.29, 0.717) is 18.3 Å². The molecule has 0 aliphatic carbocycles. The van der Waals surface area contributed by atoms with Gasteiger partial charge in [-0.1, -0.05) is 12.1 Å². The van der Waals surface area contributed by atoms with E-state index in [-0.39, 0.29) is 5.95 Å². The Morgan fingerprint density at radius 1 is 1.26 bits per heavy atom. The quantitative estimate of drug-likeness (QED) is 0.857. The molecule has 0 fully saturated rings. The van der Waals surface area contributed by atoms with Crippen LogP contribution in [0.2, 0.25) is 0 Å². The molecule has 6 nitrogen and oxygen atoms in total. The topological polar surface area (TPSA) is 82.3 Å². The van der Waals surface area contributed by atoms with Crippen LogP contribution in [0.1, 0.15) is 6.92 Å². The molecule has 0 amide bonds. The van der Waals surface area contributed by atoms with E-state index in [1.165, 1.54) is 7.11 Å². The zero-order valence-electron chi connectivity index (χ0n) is 10.9. The average Bonchev–Trinajstić information content (AvgIpc) is 2.40. The second-order valence-electron chi connectivity index (χ2n) is 3.71. The van der Waals surface area contributed by atoms with Gasteiger partial charge in [-0.25, -0.2) is 0 Å². The standard InChI is InChI=1S/C13H16N4O2/c1-3-19-10-7-5-4-6-9(10)15-11-8-12(18-2)17-13(14)16-11/h4-8H,3H2,1-2H3,(H3,14,15,16,17). The van der Waals surface area contributed by atoms with Crippen LogP contribution in [0, 0.1) is 0 Å². The van der Waals surface area contributed by atoms with Gasteiger partial charge in [0.15, 0.2) is 0 Å². The fourth-order valence-corrected chi connectivity index (χ4v) is 1.60. The van der Waals surface area contributed by atoms with Gasteiger partial charge in [0.2, 0.25) is 11.8 Å². The number of benzene rings is 1. The summed E-state index contributed by atoms with van der Waals surface area (Å²) in [6.07, 6.45) is 0. The molecule has 0 saturated heterocycles. The lowest BCUT2D eigenvalue weighted by atomic mass is 10.3. The molecule has 0 spiro atoms. The highest BCUT2D eigenvalue weighted by Crippen LogP contribution is 2.27. The number of nitrogens with two attached hydrogens (primary N) is 1. The molecule has 0 radical (unpaired) electrons. The van der Waals surface area contributed by atoms with Crippen molar-refractivity contribution in [1.29, 1.82) is 0 Å². The van der Waals surface area contributed by atoms with Crippen LogP contribution in [0.5, 0.6) is 11.6 Å². The lowest BCUT2D eigenvalue weighted by molar-refractivity contribution is 0.342. The highest BCUT2D eigenvalue weighted by atomic mass is 16.5. The van der Waals surface area contributed by atoms with Gasteiger partial charge < -0.3 is 20.5 Å². The first kappa shape index (κ1) is 12.9. The summed E-state index contributed by atoms with van der Waals surface area (Å²) in [4.78, 5) is 8.02. The maximum absolute atomic E-state index is 5.61. The average molecular weight is 260 g/mol. The number of methoxy groups -OCH3 is 1. The normalized spacial score (nSPS) is 10.0. The number of nitrogen functional groups attached to an aromatic ring is 1. The summed E-state index contributed by atoms with van der Waals surface area (Å²) in [6.45, 7) is 2.52. The highest BCUT2D eigenvalue weighted by molar-refractivity contribution is 5.65. The fraction of sp³-hybridized carbons (Fsp3) is 0.231. The Hall–Kier alpha value is -2.50. The van der Waals surface area contributed by atoms with Gasteiger partial charge in [-0.05, 0) is 19.1 Å². The largest absolute Gasteiger partial charge is 0.492 e. The molecule has 0 saturated carbocycles. The first-order valence-corrected chi connectivity index (χ1v) is 5.90. The minimum atomic E-state index is 0.149. The third-order valence-electron chi connectivity index (χ3n) is 2.38. The van der Waals surface area contributed by atoms with E-state index in [1.807, 2.05) is 31.2 Å². The zero-order valence-corrected chi connectivity index (χ0v) is 10.9. The molecule has 2 aromatic rings. The summed E-state index contributed by atoms with van der Waals surface area (Å²) < 4.78 is 10.6. The molecule has 0 bridgehead atoms. The van der Waals surface area contributed by atoms with Gasteiger partial charge in [-0.3, -0.25) is 0 Å². The number of hydrogen-bond donors (Lipinski definition) is 2. The number of ether oxygens (including phenoxy) is 2. The fourth-order valence-electron chi connectivity index (χ4n) is 1.60. The molecule has 2 rings (SSSR count). The minimum Gasteiger partial charge on any atom is -0.492 e. The van der Waals surface area contributed by atoms with E-state index in [2.05, 4.69) is 15.3 Å². The summed E-state index contributed by atoms with van der Waals surface area (Å²) in [7, 11) is 1.53. The highest BCUT2D eigenvalue weighted by Gasteiger charge is 2.06. The summed E-state index contributed by atoms with van der Waals surface area (Å²) in [5, 5.41) is 3.14. The maximum Gasteiger partial charge on any atom is 0.225 e. The van der Waals surface area contributed by atoms with Gasteiger partial charge in [0.1, 0.15) is 11.6 Å². The Morgan fingerprint density at radius 3 is 2.79 bits per heavy atom. The number of anilines is 3. The Morgan fingerprint density at radius 2 is 2.05 bits per heavy atom. The predicted octanol–water partition coefficient (Wildman–Crippen LogP) is 2.21. The number of nitrogens with zero attached hydrogens (tertiary/aromatic N) is 2. The number of aromatic nitrogens is 2. The lowest BCUT2D eigenvalue weighted by Crippen LogP contribution is -2.03. The van der Waals surface area contributed by atoms with Gasteiger partial charge in [0.05, 0.1) is 19.4 Å². The van der Waals surface area contributed by atoms with Crippen molar-refractivity contribution < 1.29 is 9.47 Å². The maximum atomic E-state index is 5.61. The number of nitrogens with one attached hydrogen (secondary N) is 1. The van der Waals surface area contributed by atoms with E-state index >= 15 is 0 Å². The molecule has 6 heteroatoms. The van der Waals surface area contributed by atoms with Crippen LogP contribution in [0.4, 0.5) is 17.5 Å². The molecule has 1 aromatic heterocycles. The van der Waals surface area contributed by atoms with Crippen LogP contribution in [0.3, 0.4) is 0 Å². The van der Waals surface area contributed by atoms with E-state index in [0.717, 1.165) is 11.4 Å². The Bertz CT molecular complexity index is 560. The van der Waals surface area contributed by atoms with E-state index in [1.54, 1.807) is 6.07 Å². The van der Waals surface area contributed by atoms with Crippen LogP contribution < -0.4 is 20.5 Å². The number of hydrogen-bond acceptors (Lipinski definition) is 6. The molecule has 1 heterocycles. The first-order chi connectivity index (χ1) is 9.22. The molecule has 0 atom stereocenters. The van der Waals surface area contributed by atoms with Gasteiger partial charge >= 0.3 is 0 Å². The third-order valence-corrected chi connectivity index (χ3v) is 2.38. The van der Waals surface area contributed by atoms with Crippen molar-refractivity contribution in [1.82, 2.24) is 9.97 Å². The predicted molar refractivity (Wildman–Crippen MR) is 73.9 cm³/mol. The minimum absolute atomic E-state index is 0.149. The van der Waals surface area contributed by atoms with Gasteiger partial charge in [0, 0.05) is 6.07 Å². The van der Waals surface area contributed by atoms with Crippen molar-refractivity contribution in [2.45, 2.75) is 6.92 Å². The van der Waals surface area contributed by atoms with Crippen molar-refractivity contribution in [3.05, 3.63) is 30.3 Å². The van der Waals surface area contributed by atoms with Gasteiger partial charge in [-0.2, -0.15) is 9.97 Å². The van der Waals surface area contributed by atoms with Crippen LogP contribution in [0.25, 0.3) is 0 Å². The van der Waals surface area contributed by atoms with Crippen molar-refractivity contribution in [2.75, 3.05) is 24.8 Å². The Balaban J connectivity index is 2.28. The van der Waals surface area contributed by atoms with Crippen molar-refractivity contribution in [2.24, 2.45) is 0 Å². The molecule has 100 valence electrons. The van der Waals surface area contributed by atoms with E-state index in [4.69, 9.17) is 15.2 Å². The molecule has 3 N–H and O–H groups in total. The summed E-state index contributed by atoms with van der Waals surface area (Å²) >= 11 is 0. The summed E-state index contributed by atoms with van der Waals surface area (Å²) in [5.74, 6) is 1.86. The van der Waals surface area contributed by atoms with Crippen LogP contribution in [-0.4, -0.2) is 23.7 Å². The van der Waals surface area contributed by atoms with Crippen LogP contribution >= 0.6 is 0 Å². The number of para-hydroxylation sites is 2. The van der Waals surface area contributed by atoms with E-state index in [9.17, 15) is 0 Å². The summed E-state index contributed by atoms with van der Waals surface area (Å²) in [6, 6.07) is 9.26. The van der Waals surface area contributed by atoms with Crippen molar-refractivity contribution in [3.8, 4) is 11.6 Å². The van der Waals surface area contributed by atoms with E-state index < -0.39 is 0 Å². The van der Waals surface area contributed by atoms with Crippen molar-refractivity contribution >= 4 is 17.5 Å². The van der Waals surface area contributed by atoms with Crippen molar-refractivity contribution in [3.63, 3.8) is 0 Å². The smallest absolute Gasteiger partial charge is 0.225 e. The van der Waals surface area contributed by atoms with Gasteiger partial charge in [0.25, 0.3) is 0 Å². The molecular weight excluding hydrogens is 244 g/mol. The molecule has 0 unspecified atom stereocenters. The molecule has 19 heavy (non-hydrogen) atoms. The lowest BCUT2D eigenvalue weighted by Gasteiger charge is -2.12. The van der Waals surface area contributed by atoms with Gasteiger partial charge in [-0.15, -0.1) is 0 Å². The SMILES string of the molecule is CCOc1ccccc1Nc1cc(OC)nc(N)n1. The monoisotopic (exact) mass is 260 g/mol. The third kappa shape index (κ3) is 3.25. The first-order valence-electron chi connectivity index (χ1n) is 5.90. The zero-order chi connectivity index (χ0) is 13.7. The molecular formula is C13H16N4O2. The summed E-state index contributed by atoms with van der Waals surface area (Å²) in [5.41, 5.74) is 6.42. The van der Waals surface area contributed by atoms with Crippen LogP contribution in [0.15, 0.2) is 30.3 Å². The number of rotatable bonds is 5. The molecule has 0 aliphatic rings. The second kappa shape index (κ2) is 5.90. The molecule has 0 aliphatic heterocycles. The Labute approximate surface area is 111 Å². The molecule has 1 aromatic carbocycles. The second-order valence-corrected chi connectivity index (χ2v) is 3.71. The van der Waals surface area contributed by atoms with Crippen LogP contribution in [-0.2, 0) is 0 Å². The Kier molecular flexibility index (Phi) is 4.02.